The molecule has 2 heterocycles. The average molecular weight is 337 g/mol. The molecule has 0 aromatic heterocycles. The number of nitrogens with one attached hydrogen (secondary N) is 2. The Morgan fingerprint density at radius 2 is 2.00 bits per heavy atom. The highest BCUT2D eigenvalue weighted by atomic mass is 35.5. The minimum Gasteiger partial charge on any atom is -0.469 e. The van der Waals surface area contributed by atoms with E-state index in [9.17, 15) is 9.59 Å². The monoisotopic (exact) mass is 336 g/mol. The number of ether oxygens (including phenoxy) is 3. The van der Waals surface area contributed by atoms with E-state index in [0.29, 0.717) is 45.7 Å². The van der Waals surface area contributed by atoms with Crippen LogP contribution in [0.3, 0.4) is 0 Å². The molecule has 1 atom stereocenters. The molecule has 0 aliphatic carbocycles. The topological polar surface area (TPSA) is 85.9 Å². The van der Waals surface area contributed by atoms with Gasteiger partial charge >= 0.3 is 5.97 Å². The van der Waals surface area contributed by atoms with Crippen molar-refractivity contribution in [2.24, 2.45) is 0 Å². The summed E-state index contributed by atoms with van der Waals surface area (Å²) in [7, 11) is 1.36. The quantitative estimate of drug-likeness (QED) is 0.688. The van der Waals surface area contributed by atoms with Crippen molar-refractivity contribution in [3.63, 3.8) is 0 Å². The van der Waals surface area contributed by atoms with Gasteiger partial charge in [-0.05, 0) is 12.8 Å². The molecule has 2 saturated heterocycles. The molecule has 0 spiro atoms. The molecule has 2 aliphatic heterocycles. The van der Waals surface area contributed by atoms with E-state index in [4.69, 9.17) is 14.2 Å². The number of methoxy groups -OCH3 is 1. The summed E-state index contributed by atoms with van der Waals surface area (Å²) in [5, 5.41) is 6.28. The minimum atomic E-state index is -0.544. The van der Waals surface area contributed by atoms with Gasteiger partial charge in [-0.15, -0.1) is 12.4 Å². The van der Waals surface area contributed by atoms with E-state index in [1.54, 1.807) is 0 Å². The zero-order valence-electron chi connectivity index (χ0n) is 12.9. The summed E-state index contributed by atoms with van der Waals surface area (Å²) in [5.41, 5.74) is -0.544. The third-order valence-corrected chi connectivity index (χ3v) is 4.00. The lowest BCUT2D eigenvalue weighted by molar-refractivity contribution is -0.144. The molecule has 2 rings (SSSR count). The van der Waals surface area contributed by atoms with Crippen molar-refractivity contribution in [2.75, 3.05) is 40.1 Å². The third-order valence-electron chi connectivity index (χ3n) is 4.00. The summed E-state index contributed by atoms with van der Waals surface area (Å²) < 4.78 is 15.4. The normalized spacial score (nSPS) is 24.0. The van der Waals surface area contributed by atoms with E-state index < -0.39 is 5.54 Å². The van der Waals surface area contributed by atoms with Crippen LogP contribution in [0.15, 0.2) is 0 Å². The second-order valence-corrected chi connectivity index (χ2v) is 5.62. The van der Waals surface area contributed by atoms with Gasteiger partial charge in [-0.3, -0.25) is 9.59 Å². The predicted molar refractivity (Wildman–Crippen MR) is 82.0 cm³/mol. The van der Waals surface area contributed by atoms with Gasteiger partial charge in [0.1, 0.15) is 0 Å². The number of rotatable bonds is 5. The molecule has 0 aromatic rings. The van der Waals surface area contributed by atoms with E-state index in [1.807, 2.05) is 0 Å². The molecule has 0 radical (unpaired) electrons. The summed E-state index contributed by atoms with van der Waals surface area (Å²) in [6, 6.07) is 0.0359. The number of amides is 1. The number of hydrogen-bond donors (Lipinski definition) is 2. The van der Waals surface area contributed by atoms with Crippen LogP contribution in [0.5, 0.6) is 0 Å². The number of carbonyl (C=O) groups is 2. The first kappa shape index (κ1) is 19.2. The molecule has 1 amide bonds. The van der Waals surface area contributed by atoms with Crippen LogP contribution in [0.4, 0.5) is 0 Å². The second-order valence-electron chi connectivity index (χ2n) is 5.62. The molecule has 128 valence electrons. The Morgan fingerprint density at radius 3 is 2.59 bits per heavy atom. The predicted octanol–water partition coefficient (Wildman–Crippen LogP) is 0.0152. The number of halogens is 1. The zero-order chi connectivity index (χ0) is 15.1. The molecule has 2 aliphatic rings. The van der Waals surface area contributed by atoms with Gasteiger partial charge in [-0.2, -0.15) is 0 Å². The lowest BCUT2D eigenvalue weighted by Crippen LogP contribution is -2.55. The Kier molecular flexibility index (Phi) is 8.09. The van der Waals surface area contributed by atoms with Crippen molar-refractivity contribution in [2.45, 2.75) is 37.3 Å². The summed E-state index contributed by atoms with van der Waals surface area (Å²) in [6.45, 7) is 3.07. The second kappa shape index (κ2) is 9.29. The molecular formula is C14H25ClN2O5. The highest BCUT2D eigenvalue weighted by Crippen LogP contribution is 2.25. The van der Waals surface area contributed by atoms with Gasteiger partial charge < -0.3 is 24.8 Å². The van der Waals surface area contributed by atoms with Crippen molar-refractivity contribution in [1.29, 1.82) is 0 Å². The van der Waals surface area contributed by atoms with E-state index in [-0.39, 0.29) is 36.7 Å². The highest BCUT2D eigenvalue weighted by Gasteiger charge is 2.37. The maximum absolute atomic E-state index is 12.3. The largest absolute Gasteiger partial charge is 0.469 e. The van der Waals surface area contributed by atoms with Gasteiger partial charge in [-0.1, -0.05) is 0 Å². The fraction of sp³-hybridized carbons (Fsp3) is 0.857. The van der Waals surface area contributed by atoms with Crippen LogP contribution < -0.4 is 10.6 Å². The number of hydrogen-bond acceptors (Lipinski definition) is 6. The first-order valence-electron chi connectivity index (χ1n) is 7.40. The number of carbonyl (C=O) groups excluding carboxylic acids is 2. The summed E-state index contributed by atoms with van der Waals surface area (Å²) in [4.78, 5) is 23.9. The molecule has 2 N–H and O–H groups in total. The van der Waals surface area contributed by atoms with Crippen LogP contribution >= 0.6 is 12.4 Å². The van der Waals surface area contributed by atoms with Crippen molar-refractivity contribution in [1.82, 2.24) is 10.6 Å². The molecule has 0 saturated carbocycles. The SMILES string of the molecule is COC(=O)CC1(NC(=O)CC2COCCN2)CCOCC1.Cl. The van der Waals surface area contributed by atoms with Gasteiger partial charge in [0.2, 0.25) is 5.91 Å². The Bertz CT molecular complexity index is 368. The van der Waals surface area contributed by atoms with Crippen LogP contribution in [0.1, 0.15) is 25.7 Å². The summed E-state index contributed by atoms with van der Waals surface area (Å²) >= 11 is 0. The fourth-order valence-corrected chi connectivity index (χ4v) is 2.78. The van der Waals surface area contributed by atoms with Crippen molar-refractivity contribution in [3.8, 4) is 0 Å². The van der Waals surface area contributed by atoms with Gasteiger partial charge in [0.15, 0.2) is 0 Å². The smallest absolute Gasteiger partial charge is 0.307 e. The van der Waals surface area contributed by atoms with Gasteiger partial charge in [0.25, 0.3) is 0 Å². The van der Waals surface area contributed by atoms with Crippen molar-refractivity contribution >= 4 is 24.3 Å². The maximum Gasteiger partial charge on any atom is 0.307 e. The molecule has 22 heavy (non-hydrogen) atoms. The molecular weight excluding hydrogens is 312 g/mol. The fourth-order valence-electron chi connectivity index (χ4n) is 2.78. The zero-order valence-corrected chi connectivity index (χ0v) is 13.7. The van der Waals surface area contributed by atoms with Gasteiger partial charge in [0, 0.05) is 32.2 Å². The van der Waals surface area contributed by atoms with E-state index in [0.717, 1.165) is 6.54 Å². The molecule has 8 heteroatoms. The Morgan fingerprint density at radius 1 is 1.27 bits per heavy atom. The minimum absolute atomic E-state index is 0. The van der Waals surface area contributed by atoms with Crippen LogP contribution in [-0.2, 0) is 23.8 Å². The van der Waals surface area contributed by atoms with Crippen LogP contribution in [0.25, 0.3) is 0 Å². The van der Waals surface area contributed by atoms with E-state index in [1.165, 1.54) is 7.11 Å². The lowest BCUT2D eigenvalue weighted by Gasteiger charge is -2.37. The molecule has 7 nitrogen and oxygen atoms in total. The first-order valence-corrected chi connectivity index (χ1v) is 7.40. The van der Waals surface area contributed by atoms with Gasteiger partial charge in [-0.25, -0.2) is 0 Å². The number of morpholine rings is 1. The Balaban J connectivity index is 0.00000242. The Hall–Kier alpha value is -0.890. The third kappa shape index (κ3) is 5.72. The van der Waals surface area contributed by atoms with Crippen molar-refractivity contribution < 1.29 is 23.8 Å². The maximum atomic E-state index is 12.3. The van der Waals surface area contributed by atoms with Crippen LogP contribution in [0.2, 0.25) is 0 Å². The first-order chi connectivity index (χ1) is 10.1. The average Bonchev–Trinajstić information content (AvgIpc) is 2.48. The molecule has 1 unspecified atom stereocenters. The molecule has 2 fully saturated rings. The summed E-state index contributed by atoms with van der Waals surface area (Å²) in [6.07, 6.45) is 1.79. The van der Waals surface area contributed by atoms with Gasteiger partial charge in [0.05, 0.1) is 32.3 Å². The van der Waals surface area contributed by atoms with E-state index in [2.05, 4.69) is 10.6 Å². The Labute approximate surface area is 136 Å². The molecule has 0 bridgehead atoms. The van der Waals surface area contributed by atoms with Crippen LogP contribution in [-0.4, -0.2) is 63.5 Å². The highest BCUT2D eigenvalue weighted by molar-refractivity contribution is 5.85. The standard InChI is InChI=1S/C14H24N2O5.ClH/c1-19-13(18)9-14(2-5-20-6-3-14)16-12(17)8-11-10-21-7-4-15-11;/h11,15H,2-10H2,1H3,(H,16,17);1H. The summed E-state index contributed by atoms with van der Waals surface area (Å²) in [5.74, 6) is -0.375. The molecule has 0 aromatic carbocycles. The van der Waals surface area contributed by atoms with E-state index >= 15 is 0 Å². The lowest BCUT2D eigenvalue weighted by atomic mass is 9.86. The van der Waals surface area contributed by atoms with Crippen LogP contribution in [0, 0.1) is 0 Å². The number of esters is 1. The van der Waals surface area contributed by atoms with Crippen molar-refractivity contribution in [3.05, 3.63) is 0 Å².